The minimum absolute atomic E-state index is 0.0701. The molecular weight excluding hydrogens is 566 g/mol. The van der Waals surface area contributed by atoms with Crippen molar-refractivity contribution in [1.82, 2.24) is 5.32 Å². The molecule has 4 aromatic carbocycles. The Morgan fingerprint density at radius 3 is 2.07 bits per heavy atom. The summed E-state index contributed by atoms with van der Waals surface area (Å²) in [5.74, 6) is 0.247. The van der Waals surface area contributed by atoms with Crippen molar-refractivity contribution in [2.45, 2.75) is 25.2 Å². The van der Waals surface area contributed by atoms with E-state index in [-0.39, 0.29) is 22.1 Å². The summed E-state index contributed by atoms with van der Waals surface area (Å²) < 4.78 is 39.0. The van der Waals surface area contributed by atoms with Crippen LogP contribution in [0.3, 0.4) is 0 Å². The lowest BCUT2D eigenvalue weighted by atomic mass is 10.1. The number of aryl methyl sites for hydroxylation is 2. The SMILES string of the molecule is COc1ccc(CCNC(=O)c2ccccc2NC(=O)CN(c2ccc(C)cc2)S(=O)(=O)c2ccc(C)cc2)cc1OC. The Morgan fingerprint density at radius 2 is 1.42 bits per heavy atom. The van der Waals surface area contributed by atoms with Gasteiger partial charge in [-0.15, -0.1) is 0 Å². The quantitative estimate of drug-likeness (QED) is 0.233. The van der Waals surface area contributed by atoms with Crippen LogP contribution in [0.15, 0.2) is 95.9 Å². The van der Waals surface area contributed by atoms with Crippen molar-refractivity contribution in [2.75, 3.05) is 36.9 Å². The topological polar surface area (TPSA) is 114 Å². The van der Waals surface area contributed by atoms with Gasteiger partial charge in [-0.25, -0.2) is 8.42 Å². The average molecular weight is 602 g/mol. The fraction of sp³-hybridized carbons (Fsp3) is 0.212. The number of anilines is 2. The van der Waals surface area contributed by atoms with Crippen molar-refractivity contribution >= 4 is 33.2 Å². The van der Waals surface area contributed by atoms with Crippen LogP contribution in [0.1, 0.15) is 27.0 Å². The molecule has 0 aliphatic heterocycles. The molecule has 4 aromatic rings. The molecule has 0 aliphatic carbocycles. The standard InChI is InChI=1S/C33H35N3O6S/c1-23-9-14-26(15-10-23)36(43(39,40)27-16-11-24(2)12-17-27)22-32(37)35-29-8-6-5-7-28(29)33(38)34-20-19-25-13-18-30(41-3)31(21-25)42-4/h5-18,21H,19-20,22H2,1-4H3,(H,34,38)(H,35,37). The number of carbonyl (C=O) groups is 2. The molecule has 0 heterocycles. The van der Waals surface area contributed by atoms with Crippen LogP contribution in [0.4, 0.5) is 11.4 Å². The molecule has 0 aliphatic rings. The summed E-state index contributed by atoms with van der Waals surface area (Å²) in [4.78, 5) is 26.5. The van der Waals surface area contributed by atoms with Crippen LogP contribution in [0.2, 0.25) is 0 Å². The summed E-state index contributed by atoms with van der Waals surface area (Å²) in [6.07, 6.45) is 0.545. The number of nitrogens with zero attached hydrogens (tertiary/aromatic N) is 1. The summed E-state index contributed by atoms with van der Waals surface area (Å²) in [5, 5.41) is 5.62. The second-order valence-electron chi connectivity index (χ2n) is 9.95. The fourth-order valence-electron chi connectivity index (χ4n) is 4.43. The number of carbonyl (C=O) groups excluding carboxylic acids is 2. The van der Waals surface area contributed by atoms with Crippen molar-refractivity contribution in [3.8, 4) is 11.5 Å². The molecule has 43 heavy (non-hydrogen) atoms. The molecule has 0 spiro atoms. The predicted octanol–water partition coefficient (Wildman–Crippen LogP) is 5.13. The number of nitrogens with one attached hydrogen (secondary N) is 2. The number of benzene rings is 4. The normalized spacial score (nSPS) is 11.0. The van der Waals surface area contributed by atoms with Crippen LogP contribution >= 0.6 is 0 Å². The van der Waals surface area contributed by atoms with E-state index in [1.807, 2.05) is 26.0 Å². The molecule has 0 unspecified atom stereocenters. The van der Waals surface area contributed by atoms with E-state index in [0.29, 0.717) is 30.2 Å². The molecule has 2 N–H and O–H groups in total. The van der Waals surface area contributed by atoms with E-state index in [1.54, 1.807) is 80.9 Å². The van der Waals surface area contributed by atoms with Gasteiger partial charge < -0.3 is 20.1 Å². The highest BCUT2D eigenvalue weighted by atomic mass is 32.2. The van der Waals surface area contributed by atoms with Crippen LogP contribution in [0.25, 0.3) is 0 Å². The zero-order chi connectivity index (χ0) is 31.0. The van der Waals surface area contributed by atoms with Gasteiger partial charge in [-0.2, -0.15) is 0 Å². The number of amides is 2. The van der Waals surface area contributed by atoms with E-state index < -0.39 is 22.5 Å². The fourth-order valence-corrected chi connectivity index (χ4v) is 5.85. The number of para-hydroxylation sites is 1. The van der Waals surface area contributed by atoms with Gasteiger partial charge in [0.05, 0.1) is 36.1 Å². The van der Waals surface area contributed by atoms with Crippen molar-refractivity contribution in [3.63, 3.8) is 0 Å². The first kappa shape index (κ1) is 31.1. The Hall–Kier alpha value is -4.83. The minimum Gasteiger partial charge on any atom is -0.493 e. The Labute approximate surface area is 252 Å². The highest BCUT2D eigenvalue weighted by Crippen LogP contribution is 2.28. The van der Waals surface area contributed by atoms with Gasteiger partial charge in [-0.1, -0.05) is 53.6 Å². The Morgan fingerprint density at radius 1 is 0.791 bits per heavy atom. The third-order valence-electron chi connectivity index (χ3n) is 6.81. The van der Waals surface area contributed by atoms with Crippen molar-refractivity contribution in [3.05, 3.63) is 113 Å². The lowest BCUT2D eigenvalue weighted by Crippen LogP contribution is -2.38. The van der Waals surface area contributed by atoms with Gasteiger partial charge in [-0.3, -0.25) is 13.9 Å². The zero-order valence-electron chi connectivity index (χ0n) is 24.6. The molecule has 224 valence electrons. The highest BCUT2D eigenvalue weighted by molar-refractivity contribution is 7.92. The molecule has 0 bridgehead atoms. The Balaban J connectivity index is 1.48. The van der Waals surface area contributed by atoms with Crippen molar-refractivity contribution in [1.29, 1.82) is 0 Å². The van der Waals surface area contributed by atoms with Crippen LogP contribution in [0.5, 0.6) is 11.5 Å². The van der Waals surface area contributed by atoms with E-state index in [4.69, 9.17) is 9.47 Å². The Kier molecular flexibility index (Phi) is 10.0. The predicted molar refractivity (Wildman–Crippen MR) is 168 cm³/mol. The molecule has 0 atom stereocenters. The van der Waals surface area contributed by atoms with Gasteiger partial charge in [-0.05, 0) is 74.4 Å². The van der Waals surface area contributed by atoms with E-state index in [9.17, 15) is 18.0 Å². The van der Waals surface area contributed by atoms with Gasteiger partial charge in [0, 0.05) is 6.54 Å². The summed E-state index contributed by atoms with van der Waals surface area (Å²) in [6, 6.07) is 25.5. The molecule has 0 saturated heterocycles. The van der Waals surface area contributed by atoms with Crippen molar-refractivity contribution < 1.29 is 27.5 Å². The second-order valence-corrected chi connectivity index (χ2v) is 11.8. The molecule has 0 radical (unpaired) electrons. The molecule has 10 heteroatoms. The molecule has 0 aromatic heterocycles. The molecule has 9 nitrogen and oxygen atoms in total. The maximum atomic E-state index is 13.7. The lowest BCUT2D eigenvalue weighted by molar-refractivity contribution is -0.114. The van der Waals surface area contributed by atoms with E-state index in [1.165, 1.54) is 12.1 Å². The van der Waals surface area contributed by atoms with Crippen LogP contribution in [-0.2, 0) is 21.2 Å². The third kappa shape index (κ3) is 7.72. The number of methoxy groups -OCH3 is 2. The lowest BCUT2D eigenvalue weighted by Gasteiger charge is -2.24. The molecule has 4 rings (SSSR count). The molecule has 2 amide bonds. The molecule has 0 saturated carbocycles. The van der Waals surface area contributed by atoms with E-state index in [0.717, 1.165) is 21.0 Å². The third-order valence-corrected chi connectivity index (χ3v) is 8.60. The smallest absolute Gasteiger partial charge is 0.264 e. The highest BCUT2D eigenvalue weighted by Gasteiger charge is 2.27. The summed E-state index contributed by atoms with van der Waals surface area (Å²) in [6.45, 7) is 3.61. The van der Waals surface area contributed by atoms with Crippen molar-refractivity contribution in [2.24, 2.45) is 0 Å². The number of rotatable bonds is 12. The number of hydrogen-bond acceptors (Lipinski definition) is 6. The summed E-state index contributed by atoms with van der Waals surface area (Å²) in [5.41, 5.74) is 3.69. The van der Waals surface area contributed by atoms with Gasteiger partial charge >= 0.3 is 0 Å². The first-order valence-corrected chi connectivity index (χ1v) is 15.1. The Bertz CT molecular complexity index is 1690. The zero-order valence-corrected chi connectivity index (χ0v) is 25.4. The van der Waals surface area contributed by atoms with Gasteiger partial charge in [0.15, 0.2) is 11.5 Å². The van der Waals surface area contributed by atoms with E-state index in [2.05, 4.69) is 10.6 Å². The van der Waals surface area contributed by atoms with Crippen LogP contribution in [0, 0.1) is 13.8 Å². The first-order valence-electron chi connectivity index (χ1n) is 13.7. The summed E-state index contributed by atoms with van der Waals surface area (Å²) >= 11 is 0. The molecule has 0 fully saturated rings. The second kappa shape index (κ2) is 13.9. The van der Waals surface area contributed by atoms with Crippen LogP contribution < -0.4 is 24.4 Å². The van der Waals surface area contributed by atoms with Gasteiger partial charge in [0.25, 0.3) is 15.9 Å². The first-order chi connectivity index (χ1) is 20.6. The number of sulfonamides is 1. The number of hydrogen-bond donors (Lipinski definition) is 2. The maximum absolute atomic E-state index is 13.7. The molecular formula is C33H35N3O6S. The largest absolute Gasteiger partial charge is 0.493 e. The maximum Gasteiger partial charge on any atom is 0.264 e. The van der Waals surface area contributed by atoms with Gasteiger partial charge in [0.1, 0.15) is 6.54 Å². The van der Waals surface area contributed by atoms with Gasteiger partial charge in [0.2, 0.25) is 5.91 Å². The average Bonchev–Trinajstić information content (AvgIpc) is 3.00. The number of ether oxygens (including phenoxy) is 2. The monoisotopic (exact) mass is 601 g/mol. The van der Waals surface area contributed by atoms with Crippen LogP contribution in [-0.4, -0.2) is 47.5 Å². The minimum atomic E-state index is -4.07. The van der Waals surface area contributed by atoms with E-state index >= 15 is 0 Å². The summed E-state index contributed by atoms with van der Waals surface area (Å²) in [7, 11) is -0.941.